The molecule has 9 heteroatoms. The Hall–Kier alpha value is -0.970. The van der Waals surface area contributed by atoms with Gasteiger partial charge in [0.1, 0.15) is 0 Å². The minimum atomic E-state index is -0.503. The molecule has 0 radical (unpaired) electrons. The van der Waals surface area contributed by atoms with E-state index in [1.54, 1.807) is 14.2 Å². The molecule has 0 aromatic heterocycles. The van der Waals surface area contributed by atoms with Crippen molar-refractivity contribution < 1.29 is 38.0 Å². The minimum absolute atomic E-state index is 0.142. The fourth-order valence-corrected chi connectivity index (χ4v) is 5.09. The Morgan fingerprint density at radius 1 is 0.639 bits per heavy atom. The molecule has 212 valence electrons. The number of rotatable bonds is 17. The van der Waals surface area contributed by atoms with E-state index in [0.29, 0.717) is 37.6 Å². The molecule has 1 amide bonds. The van der Waals surface area contributed by atoms with E-state index in [4.69, 9.17) is 28.4 Å². The van der Waals surface area contributed by atoms with Crippen LogP contribution in [0.25, 0.3) is 0 Å². The van der Waals surface area contributed by atoms with Crippen molar-refractivity contribution in [2.24, 2.45) is 23.7 Å². The predicted molar refractivity (Wildman–Crippen MR) is 137 cm³/mol. The fourth-order valence-electron chi connectivity index (χ4n) is 5.09. The van der Waals surface area contributed by atoms with Crippen LogP contribution in [0.3, 0.4) is 0 Å². The molecule has 0 aliphatic heterocycles. The van der Waals surface area contributed by atoms with Crippen molar-refractivity contribution in [3.63, 3.8) is 0 Å². The molecule has 2 saturated carbocycles. The lowest BCUT2D eigenvalue weighted by Gasteiger charge is -2.31. The molecular weight excluding hydrogens is 466 g/mol. The summed E-state index contributed by atoms with van der Waals surface area (Å²) >= 11 is 0. The second-order valence-corrected chi connectivity index (χ2v) is 10.5. The van der Waals surface area contributed by atoms with Gasteiger partial charge >= 0.3 is 6.09 Å². The van der Waals surface area contributed by atoms with Crippen LogP contribution in [0.15, 0.2) is 0 Å². The number of carbonyl (C=O) groups excluding carboxylic acids is 1. The Bertz CT molecular complexity index is 564. The number of amides is 1. The molecule has 3 atom stereocenters. The molecule has 2 aliphatic carbocycles. The number of alkyl carbamates (subject to hydrolysis) is 1. The average Bonchev–Trinajstić information content (AvgIpc) is 2.89. The third-order valence-corrected chi connectivity index (χ3v) is 7.44. The van der Waals surface area contributed by atoms with Gasteiger partial charge in [0.15, 0.2) is 12.6 Å². The smallest absolute Gasteiger partial charge is 0.407 e. The summed E-state index contributed by atoms with van der Waals surface area (Å²) in [6.45, 7) is 7.68. The highest BCUT2D eigenvalue weighted by Gasteiger charge is 2.24. The summed E-state index contributed by atoms with van der Waals surface area (Å²) in [5.41, 5.74) is 0. The molecule has 0 aromatic carbocycles. The minimum Gasteiger partial charge on any atom is -0.453 e. The van der Waals surface area contributed by atoms with Crippen molar-refractivity contribution in [1.29, 1.82) is 0 Å². The van der Waals surface area contributed by atoms with Gasteiger partial charge in [-0.2, -0.15) is 0 Å². The van der Waals surface area contributed by atoms with E-state index in [1.807, 2.05) is 13.8 Å². The lowest BCUT2D eigenvalue weighted by Crippen LogP contribution is -2.42. The topological polar surface area (TPSA) is 93.7 Å². The molecule has 2 aliphatic rings. The molecule has 0 spiro atoms. The van der Waals surface area contributed by atoms with E-state index in [-0.39, 0.29) is 18.6 Å². The molecule has 0 aromatic rings. The van der Waals surface area contributed by atoms with Crippen LogP contribution in [0.4, 0.5) is 4.79 Å². The van der Waals surface area contributed by atoms with Gasteiger partial charge in [-0.1, -0.05) is 0 Å². The standard InChI is InChI=1S/C27H51NO8/c1-20(33-15-23-8-6-22(7-9-23)14-30-3)34-16-24-10-12-25(13-11-24)17-35-21(2)36-19-26(18-31-4)28-27(29)32-5/h20-26H,6-19H2,1-5H3,(H,28,29). The van der Waals surface area contributed by atoms with E-state index < -0.39 is 6.09 Å². The summed E-state index contributed by atoms with van der Waals surface area (Å²) in [6, 6.07) is -0.286. The van der Waals surface area contributed by atoms with Crippen LogP contribution in [-0.2, 0) is 33.2 Å². The van der Waals surface area contributed by atoms with Crippen molar-refractivity contribution in [1.82, 2.24) is 5.32 Å². The Balaban J connectivity index is 1.51. The molecule has 3 unspecified atom stereocenters. The van der Waals surface area contributed by atoms with E-state index in [9.17, 15) is 4.79 Å². The zero-order chi connectivity index (χ0) is 26.2. The van der Waals surface area contributed by atoms with Crippen LogP contribution in [0.5, 0.6) is 0 Å². The summed E-state index contributed by atoms with van der Waals surface area (Å²) in [6.07, 6.45) is 8.53. The molecule has 36 heavy (non-hydrogen) atoms. The van der Waals surface area contributed by atoms with Gasteiger partial charge in [0.25, 0.3) is 0 Å². The second kappa shape index (κ2) is 18.3. The van der Waals surface area contributed by atoms with E-state index in [0.717, 1.165) is 51.4 Å². The number of ether oxygens (including phenoxy) is 7. The third kappa shape index (κ3) is 13.0. The lowest BCUT2D eigenvalue weighted by molar-refractivity contribution is -0.155. The van der Waals surface area contributed by atoms with Crippen LogP contribution >= 0.6 is 0 Å². The van der Waals surface area contributed by atoms with E-state index >= 15 is 0 Å². The van der Waals surface area contributed by atoms with Crippen LogP contribution in [-0.4, -0.2) is 85.7 Å². The van der Waals surface area contributed by atoms with Crippen molar-refractivity contribution >= 4 is 6.09 Å². The molecule has 0 heterocycles. The Labute approximate surface area is 218 Å². The number of methoxy groups -OCH3 is 3. The summed E-state index contributed by atoms with van der Waals surface area (Å²) in [7, 11) is 4.70. The van der Waals surface area contributed by atoms with Crippen LogP contribution < -0.4 is 5.32 Å². The quantitative estimate of drug-likeness (QED) is 0.284. The monoisotopic (exact) mass is 517 g/mol. The van der Waals surface area contributed by atoms with Gasteiger partial charge in [-0.05, 0) is 88.9 Å². The van der Waals surface area contributed by atoms with Crippen LogP contribution in [0.1, 0.15) is 65.2 Å². The Kier molecular flexibility index (Phi) is 15.9. The highest BCUT2D eigenvalue weighted by Crippen LogP contribution is 2.31. The van der Waals surface area contributed by atoms with Crippen molar-refractivity contribution in [3.05, 3.63) is 0 Å². The van der Waals surface area contributed by atoms with Gasteiger partial charge in [0.05, 0.1) is 46.2 Å². The van der Waals surface area contributed by atoms with Crippen LogP contribution in [0.2, 0.25) is 0 Å². The lowest BCUT2D eigenvalue weighted by atomic mass is 9.83. The molecular formula is C27H51NO8. The van der Waals surface area contributed by atoms with Gasteiger partial charge in [-0.3, -0.25) is 0 Å². The summed E-state index contributed by atoms with van der Waals surface area (Å²) < 4.78 is 38.8. The van der Waals surface area contributed by atoms with E-state index in [2.05, 4.69) is 10.1 Å². The number of carbonyl (C=O) groups is 1. The number of hydrogen-bond acceptors (Lipinski definition) is 8. The second-order valence-electron chi connectivity index (χ2n) is 10.5. The van der Waals surface area contributed by atoms with Crippen molar-refractivity contribution in [2.75, 3.05) is 61.0 Å². The van der Waals surface area contributed by atoms with Gasteiger partial charge < -0.3 is 38.5 Å². The maximum absolute atomic E-state index is 11.4. The molecule has 9 nitrogen and oxygen atoms in total. The summed E-state index contributed by atoms with van der Waals surface area (Å²) in [4.78, 5) is 11.4. The zero-order valence-corrected chi connectivity index (χ0v) is 23.2. The summed E-state index contributed by atoms with van der Waals surface area (Å²) in [5, 5.41) is 2.69. The van der Waals surface area contributed by atoms with E-state index in [1.165, 1.54) is 32.8 Å². The fraction of sp³-hybridized carbons (Fsp3) is 0.963. The maximum atomic E-state index is 11.4. The molecule has 0 saturated heterocycles. The van der Waals surface area contributed by atoms with Crippen molar-refractivity contribution in [3.8, 4) is 0 Å². The van der Waals surface area contributed by atoms with Gasteiger partial charge in [0, 0.05) is 20.8 Å². The number of hydrogen-bond donors (Lipinski definition) is 1. The maximum Gasteiger partial charge on any atom is 0.407 e. The first-order valence-electron chi connectivity index (χ1n) is 13.7. The molecule has 0 bridgehead atoms. The Morgan fingerprint density at radius 2 is 1.06 bits per heavy atom. The van der Waals surface area contributed by atoms with Gasteiger partial charge in [-0.15, -0.1) is 0 Å². The first kappa shape index (κ1) is 31.2. The summed E-state index contributed by atoms with van der Waals surface area (Å²) in [5.74, 6) is 2.50. The normalized spacial score (nSPS) is 27.2. The molecule has 2 rings (SSSR count). The zero-order valence-electron chi connectivity index (χ0n) is 23.2. The van der Waals surface area contributed by atoms with Gasteiger partial charge in [0.2, 0.25) is 0 Å². The predicted octanol–water partition coefficient (Wildman–Crippen LogP) is 4.38. The molecule has 1 N–H and O–H groups in total. The third-order valence-electron chi connectivity index (χ3n) is 7.44. The van der Waals surface area contributed by atoms with Gasteiger partial charge in [-0.25, -0.2) is 4.79 Å². The molecule has 2 fully saturated rings. The number of nitrogens with one attached hydrogen (secondary N) is 1. The highest BCUT2D eigenvalue weighted by molar-refractivity contribution is 5.67. The van der Waals surface area contributed by atoms with Crippen LogP contribution in [0, 0.1) is 23.7 Å². The average molecular weight is 518 g/mol. The Morgan fingerprint density at radius 3 is 1.44 bits per heavy atom. The van der Waals surface area contributed by atoms with Crippen molar-refractivity contribution in [2.45, 2.75) is 83.8 Å². The largest absolute Gasteiger partial charge is 0.453 e. The highest BCUT2D eigenvalue weighted by atomic mass is 16.7. The first-order valence-corrected chi connectivity index (χ1v) is 13.7. The first-order chi connectivity index (χ1) is 17.4. The SMILES string of the molecule is COCC1CCC(COC(C)OCC2CCC(COC(C)OCC(COC)NC(=O)OC)CC2)CC1.